The van der Waals surface area contributed by atoms with E-state index in [0.717, 1.165) is 46.0 Å². The normalized spacial score (nSPS) is 16.6. The molecule has 2 aromatic carbocycles. The van der Waals surface area contributed by atoms with E-state index < -0.39 is 0 Å². The summed E-state index contributed by atoms with van der Waals surface area (Å²) in [7, 11) is 0. The van der Waals surface area contributed by atoms with E-state index in [4.69, 9.17) is 21.7 Å². The van der Waals surface area contributed by atoms with Crippen molar-refractivity contribution in [1.82, 2.24) is 20.4 Å². The average Bonchev–Trinajstić information content (AvgIpc) is 3.23. The largest absolute Gasteiger partial charge is 0.351 e. The monoisotopic (exact) mass is 446 g/mol. The third kappa shape index (κ3) is 4.60. The first kappa shape index (κ1) is 22.2. The lowest BCUT2D eigenvalue weighted by atomic mass is 9.94. The molecule has 1 atom stereocenters. The average molecular weight is 447 g/mol. The van der Waals surface area contributed by atoms with E-state index in [1.54, 1.807) is 0 Å². The van der Waals surface area contributed by atoms with Crippen LogP contribution in [0.2, 0.25) is 0 Å². The quantitative estimate of drug-likeness (QED) is 0.464. The van der Waals surface area contributed by atoms with Crippen LogP contribution in [0.5, 0.6) is 0 Å². The molecule has 0 spiro atoms. The third-order valence-electron chi connectivity index (χ3n) is 5.87. The Morgan fingerprint density at radius 2 is 1.81 bits per heavy atom. The van der Waals surface area contributed by atoms with Gasteiger partial charge in [-0.1, -0.05) is 72.6 Å². The second-order valence-electron chi connectivity index (χ2n) is 8.92. The van der Waals surface area contributed by atoms with Crippen molar-refractivity contribution in [2.75, 3.05) is 6.54 Å². The lowest BCUT2D eigenvalue weighted by Gasteiger charge is -2.37. The van der Waals surface area contributed by atoms with E-state index in [1.165, 1.54) is 5.56 Å². The van der Waals surface area contributed by atoms with Gasteiger partial charge in [0.1, 0.15) is 0 Å². The van der Waals surface area contributed by atoms with Crippen LogP contribution in [0.4, 0.5) is 0 Å². The molecule has 0 bridgehead atoms. The molecule has 1 aliphatic heterocycles. The topological polar surface area (TPSA) is 54.2 Å². The molecule has 0 fully saturated rings. The van der Waals surface area contributed by atoms with Gasteiger partial charge in [-0.15, -0.1) is 0 Å². The van der Waals surface area contributed by atoms with Gasteiger partial charge in [0.25, 0.3) is 5.89 Å². The van der Waals surface area contributed by atoms with Crippen molar-refractivity contribution < 1.29 is 4.52 Å². The Kier molecular flexibility index (Phi) is 6.42. The molecule has 166 valence electrons. The third-order valence-corrected chi connectivity index (χ3v) is 6.21. The van der Waals surface area contributed by atoms with Crippen molar-refractivity contribution >= 4 is 22.9 Å². The number of aromatic nitrogens is 2. The van der Waals surface area contributed by atoms with Gasteiger partial charge < -0.3 is 14.7 Å². The number of allylic oxidation sites excluding steroid dienone is 1. The number of benzene rings is 2. The maximum atomic E-state index is 5.82. The predicted octanol–water partition coefficient (Wildman–Crippen LogP) is 6.06. The molecule has 0 amide bonds. The van der Waals surface area contributed by atoms with Crippen LogP contribution in [0.15, 0.2) is 58.8 Å². The van der Waals surface area contributed by atoms with Gasteiger partial charge in [-0.2, -0.15) is 4.98 Å². The summed E-state index contributed by atoms with van der Waals surface area (Å²) in [5.41, 5.74) is 6.46. The smallest absolute Gasteiger partial charge is 0.258 e. The fraction of sp³-hybridized carbons (Fsp3) is 0.346. The van der Waals surface area contributed by atoms with E-state index in [9.17, 15) is 0 Å². The highest BCUT2D eigenvalue weighted by atomic mass is 32.1. The Morgan fingerprint density at radius 3 is 2.50 bits per heavy atom. The molecule has 1 unspecified atom stereocenters. The number of thiocarbonyl (C=S) groups is 1. The first-order valence-corrected chi connectivity index (χ1v) is 11.5. The second kappa shape index (κ2) is 9.25. The molecule has 1 N–H and O–H groups in total. The van der Waals surface area contributed by atoms with Crippen LogP contribution >= 0.6 is 12.2 Å². The van der Waals surface area contributed by atoms with Gasteiger partial charge in [0, 0.05) is 17.8 Å². The van der Waals surface area contributed by atoms with Crippen LogP contribution in [-0.2, 0) is 0 Å². The fourth-order valence-electron chi connectivity index (χ4n) is 3.96. The Bertz CT molecular complexity index is 1150. The van der Waals surface area contributed by atoms with Crippen molar-refractivity contribution in [3.05, 3.63) is 76.8 Å². The van der Waals surface area contributed by atoms with Crippen LogP contribution in [0.25, 0.3) is 17.0 Å². The van der Waals surface area contributed by atoms with Crippen molar-refractivity contribution in [3.8, 4) is 11.4 Å². The number of nitrogens with zero attached hydrogens (tertiary/aromatic N) is 3. The van der Waals surface area contributed by atoms with Crippen molar-refractivity contribution in [2.45, 2.75) is 47.1 Å². The Hall–Kier alpha value is -2.99. The SMILES string of the molecule is CC1=C(c2nc(-c3cccc(C)c3)no2)C(c2ccc(C)cc2)NC(=S)N1CCC(C)C. The van der Waals surface area contributed by atoms with Crippen molar-refractivity contribution in [2.24, 2.45) is 5.92 Å². The fourth-order valence-corrected chi connectivity index (χ4v) is 4.30. The highest BCUT2D eigenvalue weighted by molar-refractivity contribution is 7.80. The summed E-state index contributed by atoms with van der Waals surface area (Å²) in [5.74, 6) is 1.70. The first-order valence-electron chi connectivity index (χ1n) is 11.1. The van der Waals surface area contributed by atoms with E-state index >= 15 is 0 Å². The lowest BCUT2D eigenvalue weighted by molar-refractivity contribution is 0.390. The van der Waals surface area contributed by atoms with E-state index in [2.05, 4.69) is 86.4 Å². The molecule has 3 aromatic rings. The summed E-state index contributed by atoms with van der Waals surface area (Å²) in [6, 6.07) is 16.5. The van der Waals surface area contributed by atoms with Gasteiger partial charge in [0.15, 0.2) is 5.11 Å². The summed E-state index contributed by atoms with van der Waals surface area (Å²) >= 11 is 5.77. The highest BCUT2D eigenvalue weighted by Crippen LogP contribution is 2.37. The minimum Gasteiger partial charge on any atom is -0.351 e. The van der Waals surface area contributed by atoms with Crippen LogP contribution in [-0.4, -0.2) is 26.7 Å². The molecule has 6 heteroatoms. The number of aryl methyl sites for hydroxylation is 2. The van der Waals surface area contributed by atoms with E-state index in [1.807, 2.05) is 12.1 Å². The summed E-state index contributed by atoms with van der Waals surface area (Å²) in [6.07, 6.45) is 1.04. The molecule has 1 aromatic heterocycles. The zero-order valence-electron chi connectivity index (χ0n) is 19.3. The number of rotatable bonds is 6. The van der Waals surface area contributed by atoms with Gasteiger partial charge >= 0.3 is 0 Å². The van der Waals surface area contributed by atoms with Crippen LogP contribution in [0.3, 0.4) is 0 Å². The van der Waals surface area contributed by atoms with E-state index in [-0.39, 0.29) is 6.04 Å². The summed E-state index contributed by atoms with van der Waals surface area (Å²) < 4.78 is 5.82. The standard InChI is InChI=1S/C26H30N4OS/c1-16(2)13-14-30-19(5)22(23(27-26(30)32)20-11-9-17(3)10-12-20)25-28-24(29-31-25)21-8-6-7-18(4)15-21/h6-12,15-16,23H,13-14H2,1-5H3,(H,27,32). The maximum Gasteiger partial charge on any atom is 0.258 e. The molecule has 0 aliphatic carbocycles. The zero-order valence-corrected chi connectivity index (χ0v) is 20.2. The Balaban J connectivity index is 1.79. The van der Waals surface area contributed by atoms with Gasteiger partial charge in [-0.25, -0.2) is 0 Å². The Labute approximate surface area is 195 Å². The molecule has 5 nitrogen and oxygen atoms in total. The number of hydrogen-bond acceptors (Lipinski definition) is 4. The molecule has 0 radical (unpaired) electrons. The summed E-state index contributed by atoms with van der Waals surface area (Å²) in [6.45, 7) is 11.5. The number of hydrogen-bond donors (Lipinski definition) is 1. The van der Waals surface area contributed by atoms with Crippen molar-refractivity contribution in [1.29, 1.82) is 0 Å². The molecule has 1 aliphatic rings. The molecule has 2 heterocycles. The predicted molar refractivity (Wildman–Crippen MR) is 133 cm³/mol. The molecular formula is C26H30N4OS. The molecule has 0 saturated carbocycles. The van der Waals surface area contributed by atoms with Gasteiger partial charge in [-0.05, 0) is 57.0 Å². The van der Waals surface area contributed by atoms with Crippen LogP contribution in [0.1, 0.15) is 55.8 Å². The molecular weight excluding hydrogens is 416 g/mol. The minimum absolute atomic E-state index is 0.149. The number of nitrogens with one attached hydrogen (secondary N) is 1. The highest BCUT2D eigenvalue weighted by Gasteiger charge is 2.34. The molecule has 32 heavy (non-hydrogen) atoms. The minimum atomic E-state index is -0.149. The van der Waals surface area contributed by atoms with Crippen LogP contribution < -0.4 is 5.32 Å². The first-order chi connectivity index (χ1) is 15.3. The Morgan fingerprint density at radius 1 is 1.06 bits per heavy atom. The second-order valence-corrected chi connectivity index (χ2v) is 9.31. The molecule has 4 rings (SSSR count). The van der Waals surface area contributed by atoms with Gasteiger partial charge in [0.2, 0.25) is 5.82 Å². The lowest BCUT2D eigenvalue weighted by Crippen LogP contribution is -2.46. The van der Waals surface area contributed by atoms with Gasteiger partial charge in [0.05, 0.1) is 11.6 Å². The van der Waals surface area contributed by atoms with Crippen LogP contribution in [0, 0.1) is 19.8 Å². The summed E-state index contributed by atoms with van der Waals surface area (Å²) in [5, 5.41) is 8.57. The zero-order chi connectivity index (χ0) is 22.8. The van der Waals surface area contributed by atoms with Gasteiger partial charge in [-0.3, -0.25) is 0 Å². The molecule has 0 saturated heterocycles. The van der Waals surface area contributed by atoms with E-state index in [0.29, 0.717) is 17.6 Å². The summed E-state index contributed by atoms with van der Waals surface area (Å²) in [4.78, 5) is 6.96. The maximum absolute atomic E-state index is 5.82. The van der Waals surface area contributed by atoms with Crippen molar-refractivity contribution in [3.63, 3.8) is 0 Å².